The number of rotatable bonds is 5. The highest BCUT2D eigenvalue weighted by atomic mass is 16.5. The Morgan fingerprint density at radius 2 is 1.71 bits per heavy atom. The second kappa shape index (κ2) is 7.50. The first-order valence-corrected chi connectivity index (χ1v) is 7.72. The van der Waals surface area contributed by atoms with Crippen LogP contribution in [0.5, 0.6) is 0 Å². The summed E-state index contributed by atoms with van der Waals surface area (Å²) in [5.41, 5.74) is 2.34. The molecule has 1 fully saturated rings. The molecule has 1 aliphatic heterocycles. The summed E-state index contributed by atoms with van der Waals surface area (Å²) in [5.74, 6) is -0.558. The maximum atomic E-state index is 11.9. The fourth-order valence-electron chi connectivity index (χ4n) is 2.35. The molecule has 122 valence electrons. The van der Waals surface area contributed by atoms with Crippen LogP contribution >= 0.6 is 0 Å². The molecule has 1 unspecified atom stereocenters. The Morgan fingerprint density at radius 3 is 2.33 bits per heavy atom. The summed E-state index contributed by atoms with van der Waals surface area (Å²) in [6.45, 7) is 0.366. The van der Waals surface area contributed by atoms with E-state index in [1.807, 2.05) is 42.5 Å². The third-order valence-electron chi connectivity index (χ3n) is 3.61. The quantitative estimate of drug-likeness (QED) is 0.678. The molecule has 0 bridgehead atoms. The van der Waals surface area contributed by atoms with Gasteiger partial charge in [0.2, 0.25) is 5.91 Å². The van der Waals surface area contributed by atoms with Gasteiger partial charge in [0.15, 0.2) is 0 Å². The average Bonchev–Trinajstić information content (AvgIpc) is 3.00. The lowest BCUT2D eigenvalue weighted by Gasteiger charge is -2.08. The minimum Gasteiger partial charge on any atom is -0.464 e. The van der Waals surface area contributed by atoms with Crippen molar-refractivity contribution in [1.82, 2.24) is 5.32 Å². The van der Waals surface area contributed by atoms with Crippen molar-refractivity contribution in [1.29, 1.82) is 0 Å². The van der Waals surface area contributed by atoms with Crippen molar-refractivity contribution in [2.24, 2.45) is 10.2 Å². The van der Waals surface area contributed by atoms with Crippen molar-refractivity contribution in [3.63, 3.8) is 0 Å². The van der Waals surface area contributed by atoms with Crippen LogP contribution in [0.1, 0.15) is 12.0 Å². The van der Waals surface area contributed by atoms with Crippen LogP contribution in [0.15, 0.2) is 64.8 Å². The fraction of sp³-hybridized carbons (Fsp3) is 0.222. The topological polar surface area (TPSA) is 80.1 Å². The van der Waals surface area contributed by atoms with Crippen molar-refractivity contribution in [2.45, 2.75) is 18.9 Å². The summed E-state index contributed by atoms with van der Waals surface area (Å²) < 4.78 is 4.82. The normalized spacial score (nSPS) is 17.0. The van der Waals surface area contributed by atoms with E-state index in [1.54, 1.807) is 12.1 Å². The molecule has 3 rings (SSSR count). The second-order valence-corrected chi connectivity index (χ2v) is 5.46. The van der Waals surface area contributed by atoms with Crippen LogP contribution in [-0.4, -0.2) is 24.5 Å². The lowest BCUT2D eigenvalue weighted by Crippen LogP contribution is -2.38. The van der Waals surface area contributed by atoms with Gasteiger partial charge < -0.3 is 10.1 Å². The maximum absolute atomic E-state index is 11.9. The van der Waals surface area contributed by atoms with E-state index in [-0.39, 0.29) is 18.3 Å². The molecule has 0 aromatic heterocycles. The Balaban J connectivity index is 1.55. The van der Waals surface area contributed by atoms with Gasteiger partial charge in [-0.1, -0.05) is 30.3 Å². The monoisotopic (exact) mass is 323 g/mol. The number of hydrogen-bond acceptors (Lipinski definition) is 5. The number of azo groups is 1. The maximum Gasteiger partial charge on any atom is 0.328 e. The number of carbonyl (C=O) groups is 2. The molecule has 1 aliphatic rings. The molecule has 2 aromatic rings. The molecule has 1 heterocycles. The molecular formula is C18H17N3O3. The van der Waals surface area contributed by atoms with Crippen molar-refractivity contribution >= 4 is 23.3 Å². The van der Waals surface area contributed by atoms with Gasteiger partial charge in [-0.15, -0.1) is 0 Å². The molecule has 6 heteroatoms. The van der Waals surface area contributed by atoms with E-state index in [4.69, 9.17) is 4.74 Å². The smallest absolute Gasteiger partial charge is 0.328 e. The van der Waals surface area contributed by atoms with Gasteiger partial charge in [0, 0.05) is 6.42 Å². The minimum atomic E-state index is -0.517. The van der Waals surface area contributed by atoms with Crippen molar-refractivity contribution in [2.75, 3.05) is 6.61 Å². The van der Waals surface area contributed by atoms with Gasteiger partial charge in [0.25, 0.3) is 0 Å². The summed E-state index contributed by atoms with van der Waals surface area (Å²) in [5, 5.41) is 11.0. The zero-order valence-electron chi connectivity index (χ0n) is 13.0. The minimum absolute atomic E-state index is 0.197. The molecule has 1 N–H and O–H groups in total. The lowest BCUT2D eigenvalue weighted by molar-refractivity contribution is -0.141. The average molecular weight is 323 g/mol. The van der Waals surface area contributed by atoms with Gasteiger partial charge >= 0.3 is 5.97 Å². The number of nitrogens with zero attached hydrogens (tertiary/aromatic N) is 2. The van der Waals surface area contributed by atoms with Crippen LogP contribution < -0.4 is 5.32 Å². The Kier molecular flexibility index (Phi) is 4.96. The van der Waals surface area contributed by atoms with E-state index in [0.717, 1.165) is 11.3 Å². The molecule has 0 aliphatic carbocycles. The number of ether oxygens (including phenoxy) is 1. The zero-order chi connectivity index (χ0) is 16.8. The molecule has 2 aromatic carbocycles. The predicted molar refractivity (Wildman–Crippen MR) is 88.3 cm³/mol. The highest BCUT2D eigenvalue weighted by Crippen LogP contribution is 2.18. The number of carbonyl (C=O) groups excluding carboxylic acids is 2. The van der Waals surface area contributed by atoms with Crippen LogP contribution in [-0.2, 0) is 20.7 Å². The molecule has 24 heavy (non-hydrogen) atoms. The summed E-state index contributed by atoms with van der Waals surface area (Å²) in [4.78, 5) is 23.3. The number of benzene rings is 2. The van der Waals surface area contributed by atoms with Gasteiger partial charge in [-0.25, -0.2) is 4.79 Å². The van der Waals surface area contributed by atoms with Crippen LogP contribution in [0.25, 0.3) is 0 Å². The van der Waals surface area contributed by atoms with E-state index in [2.05, 4.69) is 15.5 Å². The fourth-order valence-corrected chi connectivity index (χ4v) is 2.35. The van der Waals surface area contributed by atoms with E-state index in [9.17, 15) is 9.59 Å². The molecule has 1 amide bonds. The number of hydrogen-bond donors (Lipinski definition) is 1. The summed E-state index contributed by atoms with van der Waals surface area (Å²) in [7, 11) is 0. The Bertz CT molecular complexity index is 742. The van der Waals surface area contributed by atoms with E-state index >= 15 is 0 Å². The zero-order valence-corrected chi connectivity index (χ0v) is 13.0. The molecule has 1 atom stereocenters. The van der Waals surface area contributed by atoms with Crippen molar-refractivity contribution in [3.05, 3.63) is 60.2 Å². The number of amides is 1. The van der Waals surface area contributed by atoms with E-state index in [1.165, 1.54) is 0 Å². The van der Waals surface area contributed by atoms with Crippen molar-refractivity contribution < 1.29 is 14.3 Å². The first kappa shape index (κ1) is 15.9. The largest absolute Gasteiger partial charge is 0.464 e. The summed E-state index contributed by atoms with van der Waals surface area (Å²) in [6, 6.07) is 16.2. The van der Waals surface area contributed by atoms with Gasteiger partial charge in [0.1, 0.15) is 6.04 Å². The van der Waals surface area contributed by atoms with E-state index < -0.39 is 6.04 Å². The highest BCUT2D eigenvalue weighted by molar-refractivity contribution is 5.86. The summed E-state index contributed by atoms with van der Waals surface area (Å²) >= 11 is 0. The molecule has 0 spiro atoms. The van der Waals surface area contributed by atoms with Crippen LogP contribution in [0, 0.1) is 0 Å². The van der Waals surface area contributed by atoms with E-state index in [0.29, 0.717) is 18.7 Å². The molecule has 1 saturated heterocycles. The molecular weight excluding hydrogens is 306 g/mol. The number of esters is 1. The predicted octanol–water partition coefficient (Wildman–Crippen LogP) is 3.08. The summed E-state index contributed by atoms with van der Waals surface area (Å²) in [6.07, 6.45) is 0.739. The highest BCUT2D eigenvalue weighted by Gasteiger charge is 2.27. The first-order valence-electron chi connectivity index (χ1n) is 7.72. The standard InChI is InChI=1S/C18H17N3O3/c22-17(19-16-10-11-24-18(16)23)12-13-6-8-15(9-7-13)21-20-14-4-2-1-3-5-14/h1-9,16H,10-12H2,(H,19,22). The molecule has 6 nitrogen and oxygen atoms in total. The Morgan fingerprint density at radius 1 is 1.04 bits per heavy atom. The SMILES string of the molecule is O=C(Cc1ccc(N=Nc2ccccc2)cc1)NC1CCOC1=O. The van der Waals surface area contributed by atoms with Gasteiger partial charge in [-0.3, -0.25) is 4.79 Å². The Hall–Kier alpha value is -3.02. The van der Waals surface area contributed by atoms with Gasteiger partial charge in [0.05, 0.1) is 24.4 Å². The molecule has 0 radical (unpaired) electrons. The van der Waals surface area contributed by atoms with Crippen LogP contribution in [0.3, 0.4) is 0 Å². The number of nitrogens with one attached hydrogen (secondary N) is 1. The third-order valence-corrected chi connectivity index (χ3v) is 3.61. The second-order valence-electron chi connectivity index (χ2n) is 5.46. The third kappa shape index (κ3) is 4.25. The van der Waals surface area contributed by atoms with Crippen LogP contribution in [0.2, 0.25) is 0 Å². The Labute approximate surface area is 139 Å². The number of cyclic esters (lactones) is 1. The van der Waals surface area contributed by atoms with Gasteiger partial charge in [-0.05, 0) is 29.8 Å². The van der Waals surface area contributed by atoms with Crippen LogP contribution in [0.4, 0.5) is 11.4 Å². The van der Waals surface area contributed by atoms with Crippen molar-refractivity contribution in [3.8, 4) is 0 Å². The first-order chi connectivity index (χ1) is 11.7. The van der Waals surface area contributed by atoms with Gasteiger partial charge in [-0.2, -0.15) is 10.2 Å². The molecule has 0 saturated carbocycles. The lowest BCUT2D eigenvalue weighted by atomic mass is 10.1.